The van der Waals surface area contributed by atoms with Crippen LogP contribution in [-0.4, -0.2) is 10.9 Å². The molecule has 0 spiro atoms. The summed E-state index contributed by atoms with van der Waals surface area (Å²) in [6.45, 7) is 4.05. The number of amides is 1. The summed E-state index contributed by atoms with van der Waals surface area (Å²) in [5.74, 6) is 0.293. The molecule has 0 radical (unpaired) electrons. The zero-order valence-electron chi connectivity index (χ0n) is 15.6. The Morgan fingerprint density at radius 3 is 2.57 bits per heavy atom. The molecule has 0 aliphatic rings. The fourth-order valence-electron chi connectivity index (χ4n) is 3.01. The largest absolute Gasteiger partial charge is 0.436 e. The minimum Gasteiger partial charge on any atom is -0.436 e. The highest BCUT2D eigenvalue weighted by molar-refractivity contribution is 6.34. The fraction of sp³-hybridized carbons (Fsp3) is 0.130. The average Bonchev–Trinajstić information content (AvgIpc) is 3.11. The average molecular weight is 391 g/mol. The predicted octanol–water partition coefficient (Wildman–Crippen LogP) is 6.27. The minimum absolute atomic E-state index is 0.265. The van der Waals surface area contributed by atoms with Crippen LogP contribution in [0.25, 0.3) is 22.6 Å². The summed E-state index contributed by atoms with van der Waals surface area (Å²) in [5, 5.41) is 3.29. The third kappa shape index (κ3) is 3.64. The molecule has 140 valence electrons. The van der Waals surface area contributed by atoms with E-state index in [-0.39, 0.29) is 5.91 Å². The Hall–Kier alpha value is -3.11. The van der Waals surface area contributed by atoms with Crippen LogP contribution in [0.4, 0.5) is 5.69 Å². The van der Waals surface area contributed by atoms with Gasteiger partial charge < -0.3 is 9.73 Å². The zero-order valence-corrected chi connectivity index (χ0v) is 16.4. The van der Waals surface area contributed by atoms with E-state index in [0.717, 1.165) is 23.1 Å². The quantitative estimate of drug-likeness (QED) is 0.446. The number of fused-ring (bicyclic) bond motifs is 1. The summed E-state index contributed by atoms with van der Waals surface area (Å²) in [5.41, 5.74) is 5.59. The van der Waals surface area contributed by atoms with Crippen LogP contribution in [0.5, 0.6) is 0 Å². The Bertz CT molecular complexity index is 1160. The van der Waals surface area contributed by atoms with Crippen LogP contribution in [0.1, 0.15) is 28.4 Å². The number of benzene rings is 3. The summed E-state index contributed by atoms with van der Waals surface area (Å²) < 4.78 is 5.91. The number of hydrogen-bond donors (Lipinski definition) is 1. The third-order valence-electron chi connectivity index (χ3n) is 4.62. The first-order valence-corrected chi connectivity index (χ1v) is 9.48. The number of nitrogens with zero attached hydrogens (tertiary/aromatic N) is 1. The molecule has 0 unspecified atom stereocenters. The van der Waals surface area contributed by atoms with Crippen molar-refractivity contribution >= 4 is 34.3 Å². The number of rotatable bonds is 4. The number of nitrogens with one attached hydrogen (secondary N) is 1. The van der Waals surface area contributed by atoms with Gasteiger partial charge in [-0.2, -0.15) is 0 Å². The van der Waals surface area contributed by atoms with Gasteiger partial charge in [0.1, 0.15) is 5.52 Å². The maximum Gasteiger partial charge on any atom is 0.257 e. The number of hydrogen-bond acceptors (Lipinski definition) is 3. The van der Waals surface area contributed by atoms with Crippen molar-refractivity contribution in [3.63, 3.8) is 0 Å². The van der Waals surface area contributed by atoms with Crippen LogP contribution < -0.4 is 5.32 Å². The van der Waals surface area contributed by atoms with Crippen LogP contribution in [-0.2, 0) is 6.42 Å². The Labute approximate surface area is 168 Å². The van der Waals surface area contributed by atoms with Crippen LogP contribution >= 0.6 is 11.6 Å². The lowest BCUT2D eigenvalue weighted by Gasteiger charge is -2.07. The van der Waals surface area contributed by atoms with Gasteiger partial charge in [0.2, 0.25) is 5.89 Å². The number of carbonyl (C=O) groups excluding carboxylic acids is 1. The molecule has 0 fully saturated rings. The molecule has 3 aromatic carbocycles. The van der Waals surface area contributed by atoms with Gasteiger partial charge in [0.25, 0.3) is 5.91 Å². The van der Waals surface area contributed by atoms with Crippen molar-refractivity contribution in [1.29, 1.82) is 0 Å². The number of oxazole rings is 1. The first-order valence-electron chi connectivity index (χ1n) is 9.11. The van der Waals surface area contributed by atoms with Gasteiger partial charge in [0, 0.05) is 17.3 Å². The highest BCUT2D eigenvalue weighted by Crippen LogP contribution is 2.27. The van der Waals surface area contributed by atoms with Gasteiger partial charge in [-0.05, 0) is 60.9 Å². The van der Waals surface area contributed by atoms with E-state index in [2.05, 4.69) is 29.4 Å². The van der Waals surface area contributed by atoms with Crippen molar-refractivity contribution in [3.05, 3.63) is 82.4 Å². The smallest absolute Gasteiger partial charge is 0.257 e. The number of aromatic nitrogens is 1. The van der Waals surface area contributed by atoms with Gasteiger partial charge in [0.05, 0.1) is 10.6 Å². The van der Waals surface area contributed by atoms with Crippen LogP contribution in [0.15, 0.2) is 65.1 Å². The summed E-state index contributed by atoms with van der Waals surface area (Å²) >= 11 is 6.19. The Kier molecular flexibility index (Phi) is 4.88. The first kappa shape index (κ1) is 18.3. The molecule has 1 aromatic heterocycles. The van der Waals surface area contributed by atoms with Crippen molar-refractivity contribution in [2.24, 2.45) is 0 Å². The summed E-state index contributed by atoms with van der Waals surface area (Å²) in [6, 6.07) is 18.9. The highest BCUT2D eigenvalue weighted by Gasteiger charge is 2.13. The number of carbonyl (C=O) groups is 1. The lowest BCUT2D eigenvalue weighted by Crippen LogP contribution is -2.12. The van der Waals surface area contributed by atoms with E-state index < -0.39 is 0 Å². The molecule has 28 heavy (non-hydrogen) atoms. The third-order valence-corrected chi connectivity index (χ3v) is 4.94. The Morgan fingerprint density at radius 1 is 1.07 bits per heavy atom. The summed E-state index contributed by atoms with van der Waals surface area (Å²) in [4.78, 5) is 17.1. The number of anilines is 1. The van der Waals surface area contributed by atoms with Crippen molar-refractivity contribution in [2.75, 3.05) is 5.32 Å². The maximum absolute atomic E-state index is 12.5. The van der Waals surface area contributed by atoms with E-state index in [1.807, 2.05) is 31.2 Å². The van der Waals surface area contributed by atoms with E-state index in [1.165, 1.54) is 5.56 Å². The van der Waals surface area contributed by atoms with Crippen LogP contribution in [0, 0.1) is 6.92 Å². The van der Waals surface area contributed by atoms with Gasteiger partial charge >= 0.3 is 0 Å². The number of halogens is 1. The van der Waals surface area contributed by atoms with E-state index in [9.17, 15) is 4.79 Å². The van der Waals surface area contributed by atoms with Crippen molar-refractivity contribution < 1.29 is 9.21 Å². The molecule has 0 aliphatic carbocycles. The molecule has 1 heterocycles. The summed E-state index contributed by atoms with van der Waals surface area (Å²) in [6.07, 6.45) is 0.988. The van der Waals surface area contributed by atoms with Gasteiger partial charge in [-0.3, -0.25) is 4.79 Å². The fourth-order valence-corrected chi connectivity index (χ4v) is 3.33. The van der Waals surface area contributed by atoms with E-state index in [4.69, 9.17) is 16.0 Å². The van der Waals surface area contributed by atoms with Crippen molar-refractivity contribution in [1.82, 2.24) is 4.98 Å². The lowest BCUT2D eigenvalue weighted by atomic mass is 10.1. The van der Waals surface area contributed by atoms with Gasteiger partial charge in [-0.1, -0.05) is 36.7 Å². The molecule has 0 bridgehead atoms. The summed E-state index contributed by atoms with van der Waals surface area (Å²) in [7, 11) is 0. The first-order chi connectivity index (χ1) is 13.5. The highest BCUT2D eigenvalue weighted by atomic mass is 35.5. The zero-order chi connectivity index (χ0) is 19.7. The molecule has 0 saturated carbocycles. The topological polar surface area (TPSA) is 55.1 Å². The molecule has 0 atom stereocenters. The molecule has 1 N–H and O–H groups in total. The normalized spacial score (nSPS) is 11.0. The van der Waals surface area contributed by atoms with Crippen LogP contribution in [0.3, 0.4) is 0 Å². The molecule has 0 saturated heterocycles. The second-order valence-corrected chi connectivity index (χ2v) is 7.10. The number of aryl methyl sites for hydroxylation is 2. The molecular weight excluding hydrogens is 372 g/mol. The minimum atomic E-state index is -0.265. The molecule has 4 rings (SSSR count). The molecular formula is C23H19ClN2O2. The monoisotopic (exact) mass is 390 g/mol. The molecule has 1 amide bonds. The molecule has 4 nitrogen and oxygen atoms in total. The Morgan fingerprint density at radius 2 is 1.86 bits per heavy atom. The van der Waals surface area contributed by atoms with Gasteiger partial charge in [-0.25, -0.2) is 4.98 Å². The van der Waals surface area contributed by atoms with Crippen LogP contribution in [0.2, 0.25) is 5.02 Å². The van der Waals surface area contributed by atoms with Gasteiger partial charge in [-0.15, -0.1) is 0 Å². The second kappa shape index (κ2) is 7.49. The van der Waals surface area contributed by atoms with Gasteiger partial charge in [0.15, 0.2) is 5.58 Å². The molecule has 4 aromatic rings. The predicted molar refractivity (Wildman–Crippen MR) is 113 cm³/mol. The van der Waals surface area contributed by atoms with E-state index in [0.29, 0.717) is 27.7 Å². The SMILES string of the molecule is CCc1ccc(-c2nc3ccc(NC(=O)c4ccc(C)cc4Cl)cc3o2)cc1. The standard InChI is InChI=1S/C23H19ClN2O2/c1-3-15-5-7-16(8-6-15)23-26-20-11-9-17(13-21(20)28-23)25-22(27)18-10-4-14(2)12-19(18)24/h4-13H,3H2,1-2H3,(H,25,27). The lowest BCUT2D eigenvalue weighted by molar-refractivity contribution is 0.102. The molecule has 0 aliphatic heterocycles. The van der Waals surface area contributed by atoms with E-state index in [1.54, 1.807) is 24.3 Å². The van der Waals surface area contributed by atoms with Crippen molar-refractivity contribution in [3.8, 4) is 11.5 Å². The van der Waals surface area contributed by atoms with E-state index >= 15 is 0 Å². The maximum atomic E-state index is 12.5. The Balaban J connectivity index is 1.59. The second-order valence-electron chi connectivity index (χ2n) is 6.69. The van der Waals surface area contributed by atoms with Crippen molar-refractivity contribution in [2.45, 2.75) is 20.3 Å². The molecule has 5 heteroatoms.